The van der Waals surface area contributed by atoms with E-state index >= 15 is 0 Å². The predicted molar refractivity (Wildman–Crippen MR) is 106 cm³/mol. The van der Waals surface area contributed by atoms with E-state index in [1.54, 1.807) is 6.92 Å². The molecule has 0 aliphatic heterocycles. The van der Waals surface area contributed by atoms with E-state index < -0.39 is 15.5 Å². The highest BCUT2D eigenvalue weighted by Crippen LogP contribution is 2.28. The average Bonchev–Trinajstić information content (AvgIpc) is 2.65. The number of hydrogen-bond acceptors (Lipinski definition) is 6. The van der Waals surface area contributed by atoms with Crippen LogP contribution in [0.3, 0.4) is 0 Å². The molecular weight excluding hydrogens is 348 g/mol. The maximum atomic E-state index is 11.1. The van der Waals surface area contributed by atoms with Crippen molar-refractivity contribution in [3.63, 3.8) is 0 Å². The lowest BCUT2D eigenvalue weighted by atomic mass is 10.1. The number of allylic oxidation sites excluding steroid dienone is 3. The Hall–Kier alpha value is -3.81. The molecule has 138 valence electrons. The summed E-state index contributed by atoms with van der Waals surface area (Å²) in [5.74, 6) is 0. The molecule has 27 heavy (non-hydrogen) atoms. The van der Waals surface area contributed by atoms with E-state index in [2.05, 4.69) is 10.5 Å². The SMILES string of the molecule is CC(/C=C/c1ccccc1)=C\C(C)=N\Nc1ccc([N+](=O)[O-])cc1[N+](=O)[O-]. The second kappa shape index (κ2) is 9.04. The third-order valence-electron chi connectivity index (χ3n) is 3.52. The number of benzene rings is 2. The molecule has 0 aliphatic carbocycles. The van der Waals surface area contributed by atoms with Crippen molar-refractivity contribution in [3.05, 3.63) is 92.0 Å². The Labute approximate surface area is 155 Å². The number of nitro groups is 2. The summed E-state index contributed by atoms with van der Waals surface area (Å²) >= 11 is 0. The van der Waals surface area contributed by atoms with Gasteiger partial charge in [-0.05, 0) is 37.1 Å². The van der Waals surface area contributed by atoms with Gasteiger partial charge in [-0.1, -0.05) is 42.5 Å². The number of nitrogens with one attached hydrogen (secondary N) is 1. The molecule has 8 heteroatoms. The summed E-state index contributed by atoms with van der Waals surface area (Å²) in [7, 11) is 0. The van der Waals surface area contributed by atoms with E-state index in [1.165, 1.54) is 12.1 Å². The zero-order chi connectivity index (χ0) is 19.8. The van der Waals surface area contributed by atoms with Gasteiger partial charge in [0.25, 0.3) is 5.69 Å². The molecule has 0 saturated heterocycles. The molecule has 0 atom stereocenters. The van der Waals surface area contributed by atoms with Gasteiger partial charge in [-0.3, -0.25) is 25.7 Å². The quantitative estimate of drug-likeness (QED) is 0.322. The maximum absolute atomic E-state index is 11.1. The Balaban J connectivity index is 2.13. The summed E-state index contributed by atoms with van der Waals surface area (Å²) in [5.41, 5.74) is 4.52. The van der Waals surface area contributed by atoms with Gasteiger partial charge in [-0.15, -0.1) is 0 Å². The van der Waals surface area contributed by atoms with Crippen molar-refractivity contribution in [1.82, 2.24) is 0 Å². The standard InChI is InChI=1S/C19H18N4O4/c1-14(8-9-16-6-4-3-5-7-16)12-15(2)20-21-18-11-10-17(22(24)25)13-19(18)23(26)27/h3-13,21H,1-2H3/b9-8+,14-12+,20-15+. The highest BCUT2D eigenvalue weighted by atomic mass is 16.6. The summed E-state index contributed by atoms with van der Waals surface area (Å²) < 4.78 is 0. The molecule has 0 radical (unpaired) electrons. The van der Waals surface area contributed by atoms with Crippen molar-refractivity contribution < 1.29 is 9.85 Å². The fraction of sp³-hybridized carbons (Fsp3) is 0.105. The Bertz CT molecular complexity index is 934. The van der Waals surface area contributed by atoms with E-state index in [0.29, 0.717) is 5.71 Å². The number of hydrogen-bond donors (Lipinski definition) is 1. The van der Waals surface area contributed by atoms with Crippen molar-refractivity contribution in [2.75, 3.05) is 5.43 Å². The second-order valence-electron chi connectivity index (χ2n) is 5.71. The Morgan fingerprint density at radius 2 is 1.74 bits per heavy atom. The number of non-ortho nitro benzene ring substituents is 1. The lowest BCUT2D eigenvalue weighted by Gasteiger charge is -2.03. The zero-order valence-corrected chi connectivity index (χ0v) is 14.8. The first kappa shape index (κ1) is 19.5. The normalized spacial score (nSPS) is 12.2. The number of nitrogens with zero attached hydrogens (tertiary/aromatic N) is 3. The van der Waals surface area contributed by atoms with Crippen molar-refractivity contribution in [2.45, 2.75) is 13.8 Å². The first-order valence-corrected chi connectivity index (χ1v) is 8.01. The number of anilines is 1. The molecule has 0 saturated carbocycles. The highest BCUT2D eigenvalue weighted by molar-refractivity contribution is 5.94. The Morgan fingerprint density at radius 1 is 1.04 bits per heavy atom. The third-order valence-corrected chi connectivity index (χ3v) is 3.52. The van der Waals surface area contributed by atoms with Crippen molar-refractivity contribution >= 4 is 28.8 Å². The van der Waals surface area contributed by atoms with Crippen LogP contribution >= 0.6 is 0 Å². The lowest BCUT2D eigenvalue weighted by Crippen LogP contribution is -2.00. The second-order valence-corrected chi connectivity index (χ2v) is 5.71. The molecule has 0 aromatic heterocycles. The van der Waals surface area contributed by atoms with E-state index in [9.17, 15) is 20.2 Å². The third kappa shape index (κ3) is 5.89. The van der Waals surface area contributed by atoms with Crippen molar-refractivity contribution in [2.24, 2.45) is 5.10 Å². The van der Waals surface area contributed by atoms with Gasteiger partial charge in [-0.2, -0.15) is 5.10 Å². The van der Waals surface area contributed by atoms with E-state index in [1.807, 2.05) is 55.5 Å². The summed E-state index contributed by atoms with van der Waals surface area (Å²) in [5, 5.41) is 26.0. The number of rotatable bonds is 7. The summed E-state index contributed by atoms with van der Waals surface area (Å²) in [6.45, 7) is 3.65. The van der Waals surface area contributed by atoms with Crippen LogP contribution in [0.2, 0.25) is 0 Å². The van der Waals surface area contributed by atoms with Crippen LogP contribution in [0.5, 0.6) is 0 Å². The molecule has 0 bridgehead atoms. The molecule has 0 heterocycles. The smallest absolute Gasteiger partial charge is 0.271 e. The van der Waals surface area contributed by atoms with Gasteiger partial charge in [0.05, 0.1) is 21.6 Å². The highest BCUT2D eigenvalue weighted by Gasteiger charge is 2.19. The maximum Gasteiger partial charge on any atom is 0.301 e. The molecule has 0 amide bonds. The van der Waals surface area contributed by atoms with Gasteiger partial charge in [0.2, 0.25) is 0 Å². The van der Waals surface area contributed by atoms with Crippen LogP contribution in [0.4, 0.5) is 17.1 Å². The van der Waals surface area contributed by atoms with Crippen LogP contribution in [0.25, 0.3) is 6.08 Å². The molecule has 0 aliphatic rings. The molecule has 8 nitrogen and oxygen atoms in total. The van der Waals surface area contributed by atoms with Gasteiger partial charge >= 0.3 is 5.69 Å². The number of hydrazone groups is 1. The molecule has 2 aromatic carbocycles. The van der Waals surface area contributed by atoms with Gasteiger partial charge in [0, 0.05) is 6.07 Å². The first-order valence-electron chi connectivity index (χ1n) is 8.01. The molecule has 0 fully saturated rings. The largest absolute Gasteiger partial charge is 0.301 e. The monoisotopic (exact) mass is 366 g/mol. The fourth-order valence-electron chi connectivity index (χ4n) is 2.23. The van der Waals surface area contributed by atoms with E-state index in [-0.39, 0.29) is 11.4 Å². The Morgan fingerprint density at radius 3 is 2.37 bits per heavy atom. The average molecular weight is 366 g/mol. The predicted octanol–water partition coefficient (Wildman–Crippen LogP) is 4.95. The molecule has 2 rings (SSSR count). The van der Waals surface area contributed by atoms with Gasteiger partial charge in [-0.25, -0.2) is 0 Å². The summed E-state index contributed by atoms with van der Waals surface area (Å²) in [4.78, 5) is 20.5. The van der Waals surface area contributed by atoms with Crippen LogP contribution in [0, 0.1) is 20.2 Å². The lowest BCUT2D eigenvalue weighted by molar-refractivity contribution is -0.393. The summed E-state index contributed by atoms with van der Waals surface area (Å²) in [6, 6.07) is 13.2. The van der Waals surface area contributed by atoms with Crippen molar-refractivity contribution in [3.8, 4) is 0 Å². The number of nitro benzene ring substituents is 2. The van der Waals surface area contributed by atoms with Crippen LogP contribution in [-0.4, -0.2) is 15.6 Å². The van der Waals surface area contributed by atoms with Crippen LogP contribution in [0.1, 0.15) is 19.4 Å². The molecule has 1 N–H and O–H groups in total. The van der Waals surface area contributed by atoms with E-state index in [4.69, 9.17) is 0 Å². The molecule has 0 spiro atoms. The van der Waals surface area contributed by atoms with Crippen LogP contribution < -0.4 is 5.43 Å². The molecular formula is C19H18N4O4. The fourth-order valence-corrected chi connectivity index (χ4v) is 2.23. The summed E-state index contributed by atoms with van der Waals surface area (Å²) in [6.07, 6.45) is 5.71. The van der Waals surface area contributed by atoms with Crippen LogP contribution in [-0.2, 0) is 0 Å². The minimum atomic E-state index is -0.691. The van der Waals surface area contributed by atoms with Crippen molar-refractivity contribution in [1.29, 1.82) is 0 Å². The first-order chi connectivity index (χ1) is 12.9. The van der Waals surface area contributed by atoms with Gasteiger partial charge in [0.1, 0.15) is 5.69 Å². The van der Waals surface area contributed by atoms with Gasteiger partial charge in [0.15, 0.2) is 0 Å². The Kier molecular flexibility index (Phi) is 6.54. The zero-order valence-electron chi connectivity index (χ0n) is 14.8. The minimum Gasteiger partial charge on any atom is -0.271 e. The topological polar surface area (TPSA) is 111 Å². The minimum absolute atomic E-state index is 0.0795. The van der Waals surface area contributed by atoms with Gasteiger partial charge < -0.3 is 0 Å². The molecule has 2 aromatic rings. The van der Waals surface area contributed by atoms with Crippen LogP contribution in [0.15, 0.2) is 71.4 Å². The van der Waals surface area contributed by atoms with E-state index in [0.717, 1.165) is 17.2 Å². The molecule has 0 unspecified atom stereocenters.